The minimum absolute atomic E-state index is 0.0168. The lowest BCUT2D eigenvalue weighted by Crippen LogP contribution is -2.30. The number of ketones is 1. The van der Waals surface area contributed by atoms with Crippen LogP contribution in [0.2, 0.25) is 0 Å². The number of carbonyl (C=O) groups is 2. The summed E-state index contributed by atoms with van der Waals surface area (Å²) in [4.78, 5) is 34.3. The van der Waals surface area contributed by atoms with Crippen molar-refractivity contribution in [2.45, 2.75) is 40.5 Å². The van der Waals surface area contributed by atoms with Crippen molar-refractivity contribution in [2.24, 2.45) is 5.41 Å². The van der Waals surface area contributed by atoms with E-state index in [1.165, 1.54) is 0 Å². The Kier molecular flexibility index (Phi) is 4.41. The first-order valence-corrected chi connectivity index (χ1v) is 8.48. The summed E-state index contributed by atoms with van der Waals surface area (Å²) in [6, 6.07) is 3.65. The number of Topliss-reactive ketones (excluding diaryl/α,β-unsaturated/α-hetero) is 1. The molecule has 0 fully saturated rings. The number of rotatable bonds is 3. The minimum Gasteiger partial charge on any atom is -0.462 e. The molecule has 2 heterocycles. The van der Waals surface area contributed by atoms with Crippen LogP contribution in [0, 0.1) is 12.3 Å². The van der Waals surface area contributed by atoms with Crippen molar-refractivity contribution >= 4 is 11.8 Å². The predicted octanol–water partition coefficient (Wildman–Crippen LogP) is 3.78. The highest BCUT2D eigenvalue weighted by Crippen LogP contribution is 2.40. The molecular formula is C20H22N2O3. The van der Waals surface area contributed by atoms with Crippen LogP contribution in [0.1, 0.15) is 59.3 Å². The van der Waals surface area contributed by atoms with Gasteiger partial charge in [-0.1, -0.05) is 19.9 Å². The quantitative estimate of drug-likeness (QED) is 0.797. The standard InChI is InChI=1S/C20H22N2O3/c1-5-25-19(24)16-12(2)22-14-9-20(3,4)10-15(23)18(14)17(16)13-7-6-8-21-11-13/h6-8,11H,5,9-10H2,1-4H3. The highest BCUT2D eigenvalue weighted by molar-refractivity contribution is 6.10. The maximum Gasteiger partial charge on any atom is 0.340 e. The van der Waals surface area contributed by atoms with E-state index < -0.39 is 5.97 Å². The summed E-state index contributed by atoms with van der Waals surface area (Å²) in [6.07, 6.45) is 4.47. The highest BCUT2D eigenvalue weighted by atomic mass is 16.5. The molecule has 3 rings (SSSR count). The van der Waals surface area contributed by atoms with Crippen molar-refractivity contribution in [3.8, 4) is 11.1 Å². The van der Waals surface area contributed by atoms with Gasteiger partial charge in [0.2, 0.25) is 0 Å². The summed E-state index contributed by atoms with van der Waals surface area (Å²) < 4.78 is 5.23. The molecule has 25 heavy (non-hydrogen) atoms. The molecule has 0 aromatic carbocycles. The Morgan fingerprint density at radius 2 is 2.04 bits per heavy atom. The SMILES string of the molecule is CCOC(=O)c1c(C)nc2c(c1-c1cccnc1)C(=O)CC(C)(C)C2. The van der Waals surface area contributed by atoms with Crippen LogP contribution < -0.4 is 0 Å². The van der Waals surface area contributed by atoms with Crippen LogP contribution >= 0.6 is 0 Å². The molecule has 0 saturated carbocycles. The zero-order valence-corrected chi connectivity index (χ0v) is 15.0. The number of nitrogens with zero attached hydrogens (tertiary/aromatic N) is 2. The van der Waals surface area contributed by atoms with Crippen LogP contribution in [0.15, 0.2) is 24.5 Å². The van der Waals surface area contributed by atoms with E-state index in [2.05, 4.69) is 23.8 Å². The van der Waals surface area contributed by atoms with Crippen LogP contribution in [-0.2, 0) is 11.2 Å². The Bertz CT molecular complexity index is 842. The molecule has 0 N–H and O–H groups in total. The molecule has 130 valence electrons. The Morgan fingerprint density at radius 3 is 2.68 bits per heavy atom. The number of aromatic nitrogens is 2. The molecule has 1 aliphatic rings. The molecule has 0 aliphatic heterocycles. The third-order valence-electron chi connectivity index (χ3n) is 4.45. The highest BCUT2D eigenvalue weighted by Gasteiger charge is 2.36. The number of fused-ring (bicyclic) bond motifs is 1. The van der Waals surface area contributed by atoms with Crippen molar-refractivity contribution in [3.05, 3.63) is 47.0 Å². The average molecular weight is 338 g/mol. The van der Waals surface area contributed by atoms with Crippen molar-refractivity contribution in [3.63, 3.8) is 0 Å². The van der Waals surface area contributed by atoms with Gasteiger partial charge >= 0.3 is 5.97 Å². The number of hydrogen-bond acceptors (Lipinski definition) is 5. The summed E-state index contributed by atoms with van der Waals surface area (Å²) in [5.41, 5.74) is 3.45. The van der Waals surface area contributed by atoms with E-state index in [1.807, 2.05) is 6.07 Å². The van der Waals surface area contributed by atoms with Crippen LogP contribution in [0.4, 0.5) is 0 Å². The molecule has 0 radical (unpaired) electrons. The molecule has 0 spiro atoms. The third-order valence-corrected chi connectivity index (χ3v) is 4.45. The second kappa shape index (κ2) is 6.39. The molecule has 2 aromatic rings. The second-order valence-electron chi connectivity index (χ2n) is 7.17. The van der Waals surface area contributed by atoms with Gasteiger partial charge in [0.25, 0.3) is 0 Å². The largest absolute Gasteiger partial charge is 0.462 e. The topological polar surface area (TPSA) is 69.2 Å². The summed E-state index contributed by atoms with van der Waals surface area (Å²) in [7, 11) is 0. The summed E-state index contributed by atoms with van der Waals surface area (Å²) in [5, 5.41) is 0. The van der Waals surface area contributed by atoms with Gasteiger partial charge in [0.05, 0.1) is 23.6 Å². The second-order valence-corrected chi connectivity index (χ2v) is 7.17. The normalized spacial score (nSPS) is 15.6. The fraction of sp³-hybridized carbons (Fsp3) is 0.400. The molecular weight excluding hydrogens is 316 g/mol. The maximum absolute atomic E-state index is 12.9. The molecule has 5 heteroatoms. The van der Waals surface area contributed by atoms with Crippen LogP contribution in [0.5, 0.6) is 0 Å². The third kappa shape index (κ3) is 3.18. The number of carbonyl (C=O) groups excluding carboxylic acids is 2. The average Bonchev–Trinajstić information content (AvgIpc) is 2.53. The van der Waals surface area contributed by atoms with Crippen molar-refractivity contribution in [1.29, 1.82) is 0 Å². The Labute approximate surface area is 147 Å². The Morgan fingerprint density at radius 1 is 1.28 bits per heavy atom. The fourth-order valence-corrected chi connectivity index (χ4v) is 3.48. The number of hydrogen-bond donors (Lipinski definition) is 0. The molecule has 0 atom stereocenters. The van der Waals surface area contributed by atoms with Crippen molar-refractivity contribution in [1.82, 2.24) is 9.97 Å². The molecule has 0 amide bonds. The fourth-order valence-electron chi connectivity index (χ4n) is 3.48. The molecule has 0 bridgehead atoms. The van der Waals surface area contributed by atoms with Gasteiger partial charge in [-0.05, 0) is 31.7 Å². The van der Waals surface area contributed by atoms with Gasteiger partial charge in [0.15, 0.2) is 5.78 Å². The number of pyridine rings is 2. The number of esters is 1. The predicted molar refractivity (Wildman–Crippen MR) is 94.6 cm³/mol. The van der Waals surface area contributed by atoms with Gasteiger partial charge in [-0.15, -0.1) is 0 Å². The summed E-state index contributed by atoms with van der Waals surface area (Å²) in [5.74, 6) is -0.435. The van der Waals surface area contributed by atoms with Crippen LogP contribution in [0.25, 0.3) is 11.1 Å². The first-order valence-electron chi connectivity index (χ1n) is 8.48. The maximum atomic E-state index is 12.9. The van der Waals surface area contributed by atoms with E-state index in [9.17, 15) is 9.59 Å². The lowest BCUT2D eigenvalue weighted by Gasteiger charge is -2.31. The van der Waals surface area contributed by atoms with E-state index in [0.717, 1.165) is 11.3 Å². The number of aryl methyl sites for hydroxylation is 1. The van der Waals surface area contributed by atoms with E-state index in [4.69, 9.17) is 4.74 Å². The molecule has 0 unspecified atom stereocenters. The Hall–Kier alpha value is -2.56. The Balaban J connectivity index is 2.33. The van der Waals surface area contributed by atoms with E-state index >= 15 is 0 Å². The zero-order valence-electron chi connectivity index (χ0n) is 15.0. The van der Waals surface area contributed by atoms with Gasteiger partial charge in [-0.3, -0.25) is 14.8 Å². The monoisotopic (exact) mass is 338 g/mol. The lowest BCUT2D eigenvalue weighted by atomic mass is 9.73. The molecule has 5 nitrogen and oxygen atoms in total. The van der Waals surface area contributed by atoms with Gasteiger partial charge in [-0.2, -0.15) is 0 Å². The van der Waals surface area contributed by atoms with Gasteiger partial charge in [0.1, 0.15) is 0 Å². The van der Waals surface area contributed by atoms with Gasteiger partial charge in [0, 0.05) is 35.5 Å². The van der Waals surface area contributed by atoms with E-state index in [0.29, 0.717) is 35.2 Å². The van der Waals surface area contributed by atoms with E-state index in [1.54, 1.807) is 32.3 Å². The van der Waals surface area contributed by atoms with E-state index in [-0.39, 0.29) is 17.8 Å². The zero-order chi connectivity index (χ0) is 18.2. The van der Waals surface area contributed by atoms with Crippen LogP contribution in [0.3, 0.4) is 0 Å². The first kappa shape index (κ1) is 17.3. The lowest BCUT2D eigenvalue weighted by molar-refractivity contribution is 0.0526. The number of ether oxygens (including phenoxy) is 1. The molecule has 1 aliphatic carbocycles. The first-order chi connectivity index (χ1) is 11.8. The summed E-state index contributed by atoms with van der Waals surface area (Å²) in [6.45, 7) is 7.94. The van der Waals surface area contributed by atoms with Gasteiger partial charge in [-0.25, -0.2) is 4.79 Å². The minimum atomic E-state index is -0.452. The smallest absolute Gasteiger partial charge is 0.340 e. The molecule has 0 saturated heterocycles. The van der Waals surface area contributed by atoms with Crippen LogP contribution in [-0.4, -0.2) is 28.3 Å². The van der Waals surface area contributed by atoms with Crippen molar-refractivity contribution in [2.75, 3.05) is 6.61 Å². The molecule has 2 aromatic heterocycles. The van der Waals surface area contributed by atoms with Gasteiger partial charge < -0.3 is 4.74 Å². The summed E-state index contributed by atoms with van der Waals surface area (Å²) >= 11 is 0. The van der Waals surface area contributed by atoms with Crippen molar-refractivity contribution < 1.29 is 14.3 Å².